The molecule has 114 valence electrons. The van der Waals surface area contributed by atoms with E-state index < -0.39 is 10.0 Å². The van der Waals surface area contributed by atoms with Crippen molar-refractivity contribution in [3.63, 3.8) is 0 Å². The molecule has 0 radical (unpaired) electrons. The van der Waals surface area contributed by atoms with E-state index in [1.165, 1.54) is 12.8 Å². The number of nitrogens with one attached hydrogen (secondary N) is 1. The molecule has 0 aliphatic heterocycles. The Labute approximate surface area is 123 Å². The number of hydrogen-bond donors (Lipinski definition) is 1. The van der Waals surface area contributed by atoms with Crippen LogP contribution in [0.15, 0.2) is 29.2 Å². The first-order chi connectivity index (χ1) is 9.45. The van der Waals surface area contributed by atoms with Crippen LogP contribution in [0.5, 0.6) is 0 Å². The van der Waals surface area contributed by atoms with Crippen LogP contribution in [0.3, 0.4) is 0 Å². The van der Waals surface area contributed by atoms with Gasteiger partial charge in [-0.05, 0) is 42.9 Å². The van der Waals surface area contributed by atoms with Crippen molar-refractivity contribution in [3.8, 4) is 0 Å². The molecule has 0 aromatic heterocycles. The van der Waals surface area contributed by atoms with Gasteiger partial charge in [0.25, 0.3) is 0 Å². The van der Waals surface area contributed by atoms with Crippen molar-refractivity contribution < 1.29 is 8.42 Å². The highest BCUT2D eigenvalue weighted by Crippen LogP contribution is 2.14. The van der Waals surface area contributed by atoms with Crippen LogP contribution in [-0.4, -0.2) is 15.0 Å². The fourth-order valence-electron chi connectivity index (χ4n) is 2.01. The van der Waals surface area contributed by atoms with E-state index in [2.05, 4.69) is 25.5 Å². The Morgan fingerprint density at radius 1 is 1.20 bits per heavy atom. The monoisotopic (exact) mass is 297 g/mol. The highest BCUT2D eigenvalue weighted by Gasteiger charge is 2.13. The predicted octanol–water partition coefficient (Wildman–Crippen LogP) is 3.74. The van der Waals surface area contributed by atoms with Gasteiger partial charge in [-0.25, -0.2) is 13.1 Å². The van der Waals surface area contributed by atoms with Crippen molar-refractivity contribution >= 4 is 10.0 Å². The van der Waals surface area contributed by atoms with Crippen LogP contribution in [-0.2, 0) is 16.4 Å². The van der Waals surface area contributed by atoms with Crippen LogP contribution in [0.2, 0.25) is 0 Å². The van der Waals surface area contributed by atoms with Gasteiger partial charge in [-0.15, -0.1) is 0 Å². The summed E-state index contributed by atoms with van der Waals surface area (Å²) >= 11 is 0. The molecule has 0 heterocycles. The number of aryl methyl sites for hydroxylation is 1. The lowest BCUT2D eigenvalue weighted by Crippen LogP contribution is -2.25. The smallest absolute Gasteiger partial charge is 0.211 e. The van der Waals surface area contributed by atoms with E-state index in [0.29, 0.717) is 17.4 Å². The van der Waals surface area contributed by atoms with E-state index in [-0.39, 0.29) is 0 Å². The summed E-state index contributed by atoms with van der Waals surface area (Å²) in [4.78, 5) is 0.384. The number of rotatable bonds is 9. The zero-order valence-corrected chi connectivity index (χ0v) is 13.7. The molecule has 0 bridgehead atoms. The topological polar surface area (TPSA) is 46.2 Å². The molecule has 1 aromatic carbocycles. The van der Waals surface area contributed by atoms with Gasteiger partial charge < -0.3 is 0 Å². The Bertz CT molecular complexity index is 495. The summed E-state index contributed by atoms with van der Waals surface area (Å²) < 4.78 is 27.0. The molecule has 0 atom stereocenters. The molecule has 1 aromatic rings. The van der Waals surface area contributed by atoms with Crippen LogP contribution in [0.25, 0.3) is 0 Å². The minimum absolute atomic E-state index is 0.384. The lowest BCUT2D eigenvalue weighted by molar-refractivity contribution is 0.551. The minimum atomic E-state index is -3.36. The zero-order valence-electron chi connectivity index (χ0n) is 12.9. The number of hydrogen-bond acceptors (Lipinski definition) is 2. The van der Waals surface area contributed by atoms with Gasteiger partial charge in [0.2, 0.25) is 10.0 Å². The van der Waals surface area contributed by atoms with Crippen molar-refractivity contribution in [1.29, 1.82) is 0 Å². The molecule has 0 amide bonds. The van der Waals surface area contributed by atoms with Gasteiger partial charge >= 0.3 is 0 Å². The molecule has 3 nitrogen and oxygen atoms in total. The highest BCUT2D eigenvalue weighted by atomic mass is 32.2. The fourth-order valence-corrected chi connectivity index (χ4v) is 3.13. The number of benzene rings is 1. The van der Waals surface area contributed by atoms with Crippen molar-refractivity contribution in [2.24, 2.45) is 5.92 Å². The van der Waals surface area contributed by atoms with Crippen LogP contribution >= 0.6 is 0 Å². The standard InChI is InChI=1S/C16H27NO2S/c1-4-5-6-8-15-9-7-10-16(13-15)20(18,19)17-12-11-14(2)3/h7,9-10,13-14,17H,4-6,8,11-12H2,1-3H3. The Morgan fingerprint density at radius 2 is 1.95 bits per heavy atom. The highest BCUT2D eigenvalue weighted by molar-refractivity contribution is 7.89. The fraction of sp³-hybridized carbons (Fsp3) is 0.625. The molecule has 0 unspecified atom stereocenters. The van der Waals surface area contributed by atoms with Crippen LogP contribution in [0, 0.1) is 5.92 Å². The summed E-state index contributed by atoms with van der Waals surface area (Å²) in [6.45, 7) is 6.84. The molecular formula is C16H27NO2S. The molecule has 4 heteroatoms. The Kier molecular flexibility index (Phi) is 7.24. The molecule has 0 aliphatic rings. The maximum Gasteiger partial charge on any atom is 0.240 e. The van der Waals surface area contributed by atoms with Crippen molar-refractivity contribution in [2.75, 3.05) is 6.54 Å². The second-order valence-corrected chi connectivity index (χ2v) is 7.45. The molecule has 1 N–H and O–H groups in total. The average molecular weight is 297 g/mol. The molecular weight excluding hydrogens is 270 g/mol. The number of sulfonamides is 1. The van der Waals surface area contributed by atoms with E-state index in [0.717, 1.165) is 24.8 Å². The first-order valence-corrected chi connectivity index (χ1v) is 9.02. The van der Waals surface area contributed by atoms with E-state index in [1.807, 2.05) is 12.1 Å². The predicted molar refractivity (Wildman–Crippen MR) is 84.3 cm³/mol. The maximum absolute atomic E-state index is 12.2. The minimum Gasteiger partial charge on any atom is -0.211 e. The summed E-state index contributed by atoms with van der Waals surface area (Å²) in [6.07, 6.45) is 5.28. The third kappa shape index (κ3) is 6.06. The van der Waals surface area contributed by atoms with E-state index in [4.69, 9.17) is 0 Å². The van der Waals surface area contributed by atoms with Gasteiger partial charge in [-0.1, -0.05) is 45.7 Å². The van der Waals surface area contributed by atoms with Gasteiger partial charge in [-0.2, -0.15) is 0 Å². The van der Waals surface area contributed by atoms with Crippen molar-refractivity contribution in [3.05, 3.63) is 29.8 Å². The van der Waals surface area contributed by atoms with Gasteiger partial charge in [0.1, 0.15) is 0 Å². The van der Waals surface area contributed by atoms with Gasteiger partial charge in [0.15, 0.2) is 0 Å². The molecule has 0 saturated carbocycles. The Morgan fingerprint density at radius 3 is 2.60 bits per heavy atom. The quantitative estimate of drug-likeness (QED) is 0.706. The van der Waals surface area contributed by atoms with Crippen LogP contribution in [0.4, 0.5) is 0 Å². The normalized spacial score (nSPS) is 12.0. The zero-order chi connectivity index (χ0) is 15.0. The van der Waals surface area contributed by atoms with Crippen LogP contribution < -0.4 is 4.72 Å². The van der Waals surface area contributed by atoms with Gasteiger partial charge in [-0.3, -0.25) is 0 Å². The molecule has 0 spiro atoms. The summed E-state index contributed by atoms with van der Waals surface area (Å²) in [5.41, 5.74) is 1.10. The van der Waals surface area contributed by atoms with E-state index in [1.54, 1.807) is 12.1 Å². The number of unbranched alkanes of at least 4 members (excludes halogenated alkanes) is 2. The van der Waals surface area contributed by atoms with Gasteiger partial charge in [0, 0.05) is 6.54 Å². The van der Waals surface area contributed by atoms with E-state index >= 15 is 0 Å². The first kappa shape index (κ1) is 17.2. The summed E-state index contributed by atoms with van der Waals surface area (Å²) in [6, 6.07) is 7.30. The third-order valence-electron chi connectivity index (χ3n) is 3.29. The SMILES string of the molecule is CCCCCc1cccc(S(=O)(=O)NCCC(C)C)c1. The molecule has 0 fully saturated rings. The third-order valence-corrected chi connectivity index (χ3v) is 4.75. The maximum atomic E-state index is 12.2. The second kappa shape index (κ2) is 8.42. The van der Waals surface area contributed by atoms with E-state index in [9.17, 15) is 8.42 Å². The van der Waals surface area contributed by atoms with Crippen LogP contribution in [0.1, 0.15) is 52.0 Å². The molecule has 20 heavy (non-hydrogen) atoms. The Hall–Kier alpha value is -0.870. The lowest BCUT2D eigenvalue weighted by atomic mass is 10.1. The van der Waals surface area contributed by atoms with Crippen molar-refractivity contribution in [1.82, 2.24) is 4.72 Å². The summed E-state index contributed by atoms with van der Waals surface area (Å²) in [5.74, 6) is 0.498. The van der Waals surface area contributed by atoms with Crippen molar-refractivity contribution in [2.45, 2.75) is 57.8 Å². The first-order valence-electron chi connectivity index (χ1n) is 7.54. The Balaban J connectivity index is 2.67. The molecule has 0 aliphatic carbocycles. The summed E-state index contributed by atoms with van der Waals surface area (Å²) in [5, 5.41) is 0. The molecule has 1 rings (SSSR count). The second-order valence-electron chi connectivity index (χ2n) is 5.68. The lowest BCUT2D eigenvalue weighted by Gasteiger charge is -2.09. The average Bonchev–Trinajstić information content (AvgIpc) is 2.39. The summed E-state index contributed by atoms with van der Waals surface area (Å²) in [7, 11) is -3.36. The van der Waals surface area contributed by atoms with Gasteiger partial charge in [0.05, 0.1) is 4.90 Å². The molecule has 0 saturated heterocycles. The largest absolute Gasteiger partial charge is 0.240 e.